The van der Waals surface area contributed by atoms with Crippen molar-refractivity contribution in [3.8, 4) is 5.75 Å². The summed E-state index contributed by atoms with van der Waals surface area (Å²) in [4.78, 5) is 12.1. The van der Waals surface area contributed by atoms with Crippen LogP contribution in [0, 0.1) is 31.3 Å². The van der Waals surface area contributed by atoms with E-state index >= 15 is 0 Å². The minimum absolute atomic E-state index is 0.0105. The Kier molecular flexibility index (Phi) is 5.45. The van der Waals surface area contributed by atoms with Gasteiger partial charge in [0, 0.05) is 9.26 Å². The Bertz CT molecular complexity index is 710. The fraction of sp³-hybridized carbons (Fsp3) is 0.278. The number of halogens is 1. The number of ether oxygens (including phenoxy) is 1. The van der Waals surface area contributed by atoms with Crippen LogP contribution in [-0.4, -0.2) is 12.5 Å². The van der Waals surface area contributed by atoms with Crippen LogP contribution in [0.3, 0.4) is 0 Å². The van der Waals surface area contributed by atoms with Crippen molar-refractivity contribution in [1.82, 2.24) is 0 Å². The van der Waals surface area contributed by atoms with E-state index in [1.54, 1.807) is 0 Å². The SMILES string of the molecule is Cc1cc(I)ccc1NC(=O)COc1c(C)ccc(C)c1C. The van der Waals surface area contributed by atoms with Crippen LogP contribution >= 0.6 is 22.6 Å². The molecule has 4 heteroatoms. The number of carbonyl (C=O) groups excluding carboxylic acids is 1. The van der Waals surface area contributed by atoms with Gasteiger partial charge in [0.1, 0.15) is 5.75 Å². The second kappa shape index (κ2) is 7.13. The molecule has 3 nitrogen and oxygen atoms in total. The zero-order chi connectivity index (χ0) is 16.3. The lowest BCUT2D eigenvalue weighted by molar-refractivity contribution is -0.118. The monoisotopic (exact) mass is 409 g/mol. The lowest BCUT2D eigenvalue weighted by atomic mass is 10.1. The third kappa shape index (κ3) is 4.00. The molecular weight excluding hydrogens is 389 g/mol. The lowest BCUT2D eigenvalue weighted by Crippen LogP contribution is -2.21. The molecule has 0 saturated carbocycles. The number of carbonyl (C=O) groups is 1. The smallest absolute Gasteiger partial charge is 0.262 e. The van der Waals surface area contributed by atoms with Crippen LogP contribution < -0.4 is 10.1 Å². The lowest BCUT2D eigenvalue weighted by Gasteiger charge is -2.14. The Labute approximate surface area is 145 Å². The van der Waals surface area contributed by atoms with E-state index in [4.69, 9.17) is 4.74 Å². The fourth-order valence-electron chi connectivity index (χ4n) is 2.24. The van der Waals surface area contributed by atoms with Gasteiger partial charge in [0.05, 0.1) is 0 Å². The van der Waals surface area contributed by atoms with Crippen molar-refractivity contribution >= 4 is 34.2 Å². The Morgan fingerprint density at radius 2 is 1.73 bits per heavy atom. The normalized spacial score (nSPS) is 10.4. The average molecular weight is 409 g/mol. The van der Waals surface area contributed by atoms with Crippen LogP contribution in [0.15, 0.2) is 30.3 Å². The first-order valence-electron chi connectivity index (χ1n) is 7.14. The van der Waals surface area contributed by atoms with Crippen LogP contribution in [0.25, 0.3) is 0 Å². The third-order valence-corrected chi connectivity index (χ3v) is 4.35. The Morgan fingerprint density at radius 1 is 1.05 bits per heavy atom. The van der Waals surface area contributed by atoms with Gasteiger partial charge in [-0.25, -0.2) is 0 Å². The summed E-state index contributed by atoms with van der Waals surface area (Å²) in [6.07, 6.45) is 0. The molecule has 2 aromatic carbocycles. The first-order chi connectivity index (χ1) is 10.4. The summed E-state index contributed by atoms with van der Waals surface area (Å²) in [6.45, 7) is 8.03. The summed E-state index contributed by atoms with van der Waals surface area (Å²) >= 11 is 2.25. The van der Waals surface area contributed by atoms with Gasteiger partial charge in [0.25, 0.3) is 5.91 Å². The van der Waals surface area contributed by atoms with E-state index in [1.165, 1.54) is 0 Å². The molecule has 0 unspecified atom stereocenters. The van der Waals surface area contributed by atoms with Crippen molar-refractivity contribution in [3.63, 3.8) is 0 Å². The Balaban J connectivity index is 2.03. The molecule has 0 saturated heterocycles. The van der Waals surface area contributed by atoms with E-state index in [9.17, 15) is 4.79 Å². The van der Waals surface area contributed by atoms with Crippen molar-refractivity contribution < 1.29 is 9.53 Å². The molecule has 0 atom stereocenters. The Morgan fingerprint density at radius 3 is 2.41 bits per heavy atom. The van der Waals surface area contributed by atoms with Crippen molar-refractivity contribution in [2.75, 3.05) is 11.9 Å². The fourth-order valence-corrected chi connectivity index (χ4v) is 2.89. The minimum atomic E-state index is -0.149. The largest absolute Gasteiger partial charge is 0.483 e. The molecule has 0 bridgehead atoms. The van der Waals surface area contributed by atoms with E-state index in [-0.39, 0.29) is 12.5 Å². The van der Waals surface area contributed by atoms with Gasteiger partial charge in [-0.05, 0) is 90.7 Å². The topological polar surface area (TPSA) is 38.3 Å². The van der Waals surface area contributed by atoms with Gasteiger partial charge in [-0.2, -0.15) is 0 Å². The van der Waals surface area contributed by atoms with Gasteiger partial charge in [-0.15, -0.1) is 0 Å². The maximum atomic E-state index is 12.1. The average Bonchev–Trinajstić information content (AvgIpc) is 2.46. The van der Waals surface area contributed by atoms with Gasteiger partial charge in [0.2, 0.25) is 0 Å². The number of nitrogens with one attached hydrogen (secondary N) is 1. The predicted molar refractivity (Wildman–Crippen MR) is 98.7 cm³/mol. The first kappa shape index (κ1) is 16.8. The van der Waals surface area contributed by atoms with E-state index in [0.29, 0.717) is 0 Å². The van der Waals surface area contributed by atoms with E-state index < -0.39 is 0 Å². The van der Waals surface area contributed by atoms with E-state index in [2.05, 4.69) is 34.0 Å². The molecule has 0 fully saturated rings. The van der Waals surface area contributed by atoms with Crippen LogP contribution in [0.2, 0.25) is 0 Å². The molecule has 0 aromatic heterocycles. The quantitative estimate of drug-likeness (QED) is 0.753. The summed E-state index contributed by atoms with van der Waals surface area (Å²) < 4.78 is 6.88. The number of aryl methyl sites for hydroxylation is 3. The predicted octanol–water partition coefficient (Wildman–Crippen LogP) is 4.54. The van der Waals surface area contributed by atoms with Crippen LogP contribution in [0.1, 0.15) is 22.3 Å². The summed E-state index contributed by atoms with van der Waals surface area (Å²) in [6, 6.07) is 9.99. The van der Waals surface area contributed by atoms with Gasteiger partial charge in [0.15, 0.2) is 6.61 Å². The highest BCUT2D eigenvalue weighted by Crippen LogP contribution is 2.25. The second-order valence-corrected chi connectivity index (χ2v) is 6.70. The molecule has 0 aliphatic carbocycles. The number of benzene rings is 2. The van der Waals surface area contributed by atoms with Crippen molar-refractivity contribution in [2.24, 2.45) is 0 Å². The molecule has 0 spiro atoms. The van der Waals surface area contributed by atoms with E-state index in [0.717, 1.165) is 37.3 Å². The number of hydrogen-bond donors (Lipinski definition) is 1. The Hall–Kier alpha value is -1.56. The zero-order valence-electron chi connectivity index (χ0n) is 13.3. The van der Waals surface area contributed by atoms with Crippen molar-refractivity contribution in [3.05, 3.63) is 56.2 Å². The minimum Gasteiger partial charge on any atom is -0.483 e. The highest BCUT2D eigenvalue weighted by molar-refractivity contribution is 14.1. The van der Waals surface area contributed by atoms with Crippen LogP contribution in [0.5, 0.6) is 5.75 Å². The molecule has 1 N–H and O–H groups in total. The molecule has 0 aliphatic heterocycles. The number of amides is 1. The molecule has 22 heavy (non-hydrogen) atoms. The van der Waals surface area contributed by atoms with Crippen LogP contribution in [0.4, 0.5) is 5.69 Å². The zero-order valence-corrected chi connectivity index (χ0v) is 15.4. The van der Waals surface area contributed by atoms with Gasteiger partial charge >= 0.3 is 0 Å². The van der Waals surface area contributed by atoms with Gasteiger partial charge in [-0.3, -0.25) is 4.79 Å². The second-order valence-electron chi connectivity index (χ2n) is 5.45. The highest BCUT2D eigenvalue weighted by atomic mass is 127. The number of rotatable bonds is 4. The van der Waals surface area contributed by atoms with E-state index in [1.807, 2.05) is 52.0 Å². The molecule has 116 valence electrons. The summed E-state index contributed by atoms with van der Waals surface area (Å²) in [7, 11) is 0. The molecule has 2 rings (SSSR count). The van der Waals surface area contributed by atoms with Crippen molar-refractivity contribution in [1.29, 1.82) is 0 Å². The first-order valence-corrected chi connectivity index (χ1v) is 8.22. The molecular formula is C18H20INO2. The van der Waals surface area contributed by atoms with Crippen LogP contribution in [-0.2, 0) is 4.79 Å². The number of hydrogen-bond acceptors (Lipinski definition) is 2. The summed E-state index contributed by atoms with van der Waals surface area (Å²) in [5.74, 6) is 0.652. The standard InChI is InChI=1S/C18H20INO2/c1-11-5-6-12(2)18(14(11)4)22-10-17(21)20-16-8-7-15(19)9-13(16)3/h5-9H,10H2,1-4H3,(H,20,21). The maximum Gasteiger partial charge on any atom is 0.262 e. The van der Waals surface area contributed by atoms with Gasteiger partial charge < -0.3 is 10.1 Å². The number of anilines is 1. The maximum absolute atomic E-state index is 12.1. The third-order valence-electron chi connectivity index (χ3n) is 3.68. The summed E-state index contributed by atoms with van der Waals surface area (Å²) in [5, 5.41) is 2.89. The molecule has 1 amide bonds. The van der Waals surface area contributed by atoms with Crippen molar-refractivity contribution in [2.45, 2.75) is 27.7 Å². The molecule has 0 heterocycles. The highest BCUT2D eigenvalue weighted by Gasteiger charge is 2.10. The molecule has 0 radical (unpaired) electrons. The molecule has 2 aromatic rings. The van der Waals surface area contributed by atoms with Gasteiger partial charge in [-0.1, -0.05) is 12.1 Å². The summed E-state index contributed by atoms with van der Waals surface area (Å²) in [5.41, 5.74) is 5.16. The molecule has 0 aliphatic rings.